The molecule has 0 saturated heterocycles. The summed E-state index contributed by atoms with van der Waals surface area (Å²) in [7, 11) is 1.86. The summed E-state index contributed by atoms with van der Waals surface area (Å²) < 4.78 is 14.8. The van der Waals surface area contributed by atoms with Crippen molar-refractivity contribution in [3.63, 3.8) is 0 Å². The van der Waals surface area contributed by atoms with Crippen LogP contribution >= 0.6 is 11.3 Å². The molecule has 1 aromatic heterocycles. The van der Waals surface area contributed by atoms with Crippen LogP contribution in [-0.2, 0) is 11.3 Å². The number of anilines is 1. The monoisotopic (exact) mass is 343 g/mol. The first kappa shape index (κ1) is 16.5. The van der Waals surface area contributed by atoms with E-state index >= 15 is 0 Å². The van der Waals surface area contributed by atoms with Gasteiger partial charge in [0.05, 0.1) is 28.5 Å². The molecule has 124 valence electrons. The van der Waals surface area contributed by atoms with E-state index in [4.69, 9.17) is 0 Å². The lowest BCUT2D eigenvalue weighted by atomic mass is 10.2. The molecule has 2 aromatic carbocycles. The van der Waals surface area contributed by atoms with E-state index in [0.29, 0.717) is 6.54 Å². The Bertz CT molecular complexity index is 831. The van der Waals surface area contributed by atoms with Gasteiger partial charge in [-0.3, -0.25) is 9.69 Å². The van der Waals surface area contributed by atoms with Crippen molar-refractivity contribution in [1.82, 2.24) is 9.88 Å². The second-order valence-electron chi connectivity index (χ2n) is 5.64. The molecule has 1 atom stereocenters. The Balaban J connectivity index is 1.66. The third-order valence-corrected chi connectivity index (χ3v) is 4.92. The van der Waals surface area contributed by atoms with E-state index in [1.54, 1.807) is 36.5 Å². The maximum absolute atomic E-state index is 13.6. The van der Waals surface area contributed by atoms with Crippen LogP contribution in [0.5, 0.6) is 0 Å². The Labute approximate surface area is 143 Å². The number of carbonyl (C=O) groups excluding carboxylic acids is 1. The fourth-order valence-electron chi connectivity index (χ4n) is 2.34. The molecule has 0 unspecified atom stereocenters. The van der Waals surface area contributed by atoms with Crippen molar-refractivity contribution >= 4 is 33.1 Å². The van der Waals surface area contributed by atoms with Gasteiger partial charge < -0.3 is 5.32 Å². The van der Waals surface area contributed by atoms with E-state index in [-0.39, 0.29) is 11.6 Å². The van der Waals surface area contributed by atoms with Crippen molar-refractivity contribution in [3.8, 4) is 0 Å². The van der Waals surface area contributed by atoms with E-state index in [9.17, 15) is 9.18 Å². The van der Waals surface area contributed by atoms with Gasteiger partial charge in [-0.25, -0.2) is 9.37 Å². The summed E-state index contributed by atoms with van der Waals surface area (Å²) in [4.78, 5) is 18.8. The fourth-order valence-corrected chi connectivity index (χ4v) is 3.37. The topological polar surface area (TPSA) is 45.2 Å². The quantitative estimate of drug-likeness (QED) is 0.764. The molecule has 0 aliphatic heterocycles. The van der Waals surface area contributed by atoms with Gasteiger partial charge in [0.2, 0.25) is 5.91 Å². The van der Waals surface area contributed by atoms with Gasteiger partial charge in [-0.05, 0) is 38.2 Å². The molecular formula is C18H18FN3OS. The molecule has 1 heterocycles. The van der Waals surface area contributed by atoms with Crippen molar-refractivity contribution in [3.05, 3.63) is 59.4 Å². The van der Waals surface area contributed by atoms with E-state index in [1.807, 2.05) is 36.2 Å². The summed E-state index contributed by atoms with van der Waals surface area (Å²) in [5, 5.41) is 3.58. The van der Waals surface area contributed by atoms with Gasteiger partial charge in [0.25, 0.3) is 0 Å². The maximum Gasteiger partial charge on any atom is 0.241 e. The van der Waals surface area contributed by atoms with E-state index in [1.165, 1.54) is 6.07 Å². The van der Waals surface area contributed by atoms with E-state index in [2.05, 4.69) is 10.3 Å². The van der Waals surface area contributed by atoms with Crippen LogP contribution in [0.4, 0.5) is 10.1 Å². The second kappa shape index (κ2) is 7.07. The van der Waals surface area contributed by atoms with Gasteiger partial charge in [-0.1, -0.05) is 24.3 Å². The highest BCUT2D eigenvalue weighted by Gasteiger charge is 2.20. The number of rotatable bonds is 5. The minimum absolute atomic E-state index is 0.197. The number of fused-ring (bicyclic) bond motifs is 1. The number of likely N-dealkylation sites (N-methyl/N-ethyl adjacent to an activating group) is 1. The van der Waals surface area contributed by atoms with Crippen molar-refractivity contribution in [2.24, 2.45) is 0 Å². The lowest BCUT2D eigenvalue weighted by molar-refractivity contribution is -0.120. The molecule has 0 aliphatic carbocycles. The first-order valence-corrected chi connectivity index (χ1v) is 8.46. The van der Waals surface area contributed by atoms with Gasteiger partial charge in [-0.15, -0.1) is 11.3 Å². The Morgan fingerprint density at radius 3 is 2.71 bits per heavy atom. The molecule has 3 aromatic rings. The van der Waals surface area contributed by atoms with Crippen molar-refractivity contribution in [2.75, 3.05) is 12.4 Å². The minimum Gasteiger partial charge on any atom is -0.322 e. The molecule has 0 fully saturated rings. The van der Waals surface area contributed by atoms with Crippen LogP contribution in [0.1, 0.15) is 11.9 Å². The van der Waals surface area contributed by atoms with Crippen LogP contribution < -0.4 is 5.32 Å². The molecule has 0 aliphatic rings. The van der Waals surface area contributed by atoms with Gasteiger partial charge in [0, 0.05) is 0 Å². The largest absolute Gasteiger partial charge is 0.322 e. The molecule has 1 amide bonds. The number of halogens is 1. The molecule has 1 N–H and O–H groups in total. The van der Waals surface area contributed by atoms with Crippen LogP contribution in [-0.4, -0.2) is 28.9 Å². The number of thiazole rings is 1. The zero-order valence-corrected chi connectivity index (χ0v) is 14.3. The second-order valence-corrected chi connectivity index (χ2v) is 6.75. The SMILES string of the molecule is C[C@H](C(=O)Nc1ccccc1F)N(C)Cc1nc2ccccc2s1. The molecule has 24 heavy (non-hydrogen) atoms. The first-order chi connectivity index (χ1) is 11.5. The maximum atomic E-state index is 13.6. The third-order valence-electron chi connectivity index (χ3n) is 3.90. The highest BCUT2D eigenvalue weighted by atomic mass is 32.1. The Morgan fingerprint density at radius 2 is 1.96 bits per heavy atom. The number of amides is 1. The van der Waals surface area contributed by atoms with Crippen molar-refractivity contribution in [1.29, 1.82) is 0 Å². The summed E-state index contributed by atoms with van der Waals surface area (Å²) in [6.45, 7) is 2.36. The predicted octanol–water partition coefficient (Wildman–Crippen LogP) is 3.89. The summed E-state index contributed by atoms with van der Waals surface area (Å²) in [6, 6.07) is 13.7. The lowest BCUT2D eigenvalue weighted by Gasteiger charge is -2.22. The molecular weight excluding hydrogens is 325 g/mol. The Morgan fingerprint density at radius 1 is 1.25 bits per heavy atom. The molecule has 0 bridgehead atoms. The average Bonchev–Trinajstić information content (AvgIpc) is 2.98. The summed E-state index contributed by atoms with van der Waals surface area (Å²) >= 11 is 1.62. The molecule has 0 radical (unpaired) electrons. The van der Waals surface area contributed by atoms with Gasteiger partial charge >= 0.3 is 0 Å². The number of hydrogen-bond donors (Lipinski definition) is 1. The Kier molecular flexibility index (Phi) is 4.87. The van der Waals surface area contributed by atoms with Crippen molar-refractivity contribution in [2.45, 2.75) is 19.5 Å². The van der Waals surface area contributed by atoms with E-state index < -0.39 is 11.9 Å². The highest BCUT2D eigenvalue weighted by Crippen LogP contribution is 2.23. The van der Waals surface area contributed by atoms with Gasteiger partial charge in [0.1, 0.15) is 10.8 Å². The van der Waals surface area contributed by atoms with Crippen LogP contribution in [0.15, 0.2) is 48.5 Å². The number of aromatic nitrogens is 1. The molecule has 0 saturated carbocycles. The highest BCUT2D eigenvalue weighted by molar-refractivity contribution is 7.18. The molecule has 6 heteroatoms. The normalized spacial score (nSPS) is 12.5. The molecule has 4 nitrogen and oxygen atoms in total. The number of nitrogens with zero attached hydrogens (tertiary/aromatic N) is 2. The number of para-hydroxylation sites is 2. The molecule has 3 rings (SSSR count). The smallest absolute Gasteiger partial charge is 0.241 e. The standard InChI is InChI=1S/C18H18FN3OS/c1-12(18(23)21-14-8-4-3-7-13(14)19)22(2)11-17-20-15-9-5-6-10-16(15)24-17/h3-10,12H,11H2,1-2H3,(H,21,23)/t12-/m1/s1. The number of nitrogens with one attached hydrogen (secondary N) is 1. The number of carbonyl (C=O) groups is 1. The van der Waals surface area contributed by atoms with Gasteiger partial charge in [-0.2, -0.15) is 0 Å². The summed E-state index contributed by atoms with van der Waals surface area (Å²) in [5.41, 5.74) is 1.16. The first-order valence-electron chi connectivity index (χ1n) is 7.64. The van der Waals surface area contributed by atoms with E-state index in [0.717, 1.165) is 15.2 Å². The average molecular weight is 343 g/mol. The van der Waals surface area contributed by atoms with Crippen LogP contribution in [0, 0.1) is 5.82 Å². The third kappa shape index (κ3) is 3.60. The Hall–Kier alpha value is -2.31. The lowest BCUT2D eigenvalue weighted by Crippen LogP contribution is -2.39. The van der Waals surface area contributed by atoms with Crippen molar-refractivity contribution < 1.29 is 9.18 Å². The summed E-state index contributed by atoms with van der Waals surface area (Å²) in [5.74, 6) is -0.685. The predicted molar refractivity (Wildman–Crippen MR) is 95.6 cm³/mol. The number of hydrogen-bond acceptors (Lipinski definition) is 4. The number of benzene rings is 2. The zero-order valence-electron chi connectivity index (χ0n) is 13.5. The van der Waals surface area contributed by atoms with Crippen LogP contribution in [0.3, 0.4) is 0 Å². The summed E-state index contributed by atoms with van der Waals surface area (Å²) in [6.07, 6.45) is 0. The van der Waals surface area contributed by atoms with Crippen LogP contribution in [0.2, 0.25) is 0 Å². The fraction of sp³-hybridized carbons (Fsp3) is 0.222. The minimum atomic E-state index is -0.438. The zero-order chi connectivity index (χ0) is 17.1. The van der Waals surface area contributed by atoms with Gasteiger partial charge in [0.15, 0.2) is 0 Å². The molecule has 0 spiro atoms. The van der Waals surface area contributed by atoms with Crippen LogP contribution in [0.25, 0.3) is 10.2 Å².